The van der Waals surface area contributed by atoms with Crippen LogP contribution in [0.4, 0.5) is 0 Å². The van der Waals surface area contributed by atoms with E-state index >= 15 is 0 Å². The van der Waals surface area contributed by atoms with E-state index < -0.39 is 6.10 Å². The molecule has 6 rings (SSSR count). The number of imidazole rings is 1. The van der Waals surface area contributed by atoms with Gasteiger partial charge < -0.3 is 9.67 Å². The molecule has 1 fully saturated rings. The van der Waals surface area contributed by atoms with Gasteiger partial charge >= 0.3 is 0 Å². The zero-order valence-corrected chi connectivity index (χ0v) is 22.3. The van der Waals surface area contributed by atoms with E-state index in [-0.39, 0.29) is 6.04 Å². The zero-order valence-electron chi connectivity index (χ0n) is 22.3. The van der Waals surface area contributed by atoms with E-state index in [1.54, 1.807) is 6.33 Å². The Morgan fingerprint density at radius 2 is 1.32 bits per heavy atom. The van der Waals surface area contributed by atoms with Crippen LogP contribution in [0, 0.1) is 11.8 Å². The van der Waals surface area contributed by atoms with Crippen molar-refractivity contribution in [3.8, 4) is 11.8 Å². The van der Waals surface area contributed by atoms with E-state index in [0.29, 0.717) is 29.9 Å². The van der Waals surface area contributed by atoms with Crippen molar-refractivity contribution in [1.82, 2.24) is 29.3 Å². The Morgan fingerprint density at radius 1 is 0.700 bits per heavy atom. The lowest BCUT2D eigenvalue weighted by Crippen LogP contribution is -2.50. The molecular formula is C33H32N6O. The Hall–Kier alpha value is -4.35. The summed E-state index contributed by atoms with van der Waals surface area (Å²) < 4.78 is 1.90. The van der Waals surface area contributed by atoms with Crippen molar-refractivity contribution >= 4 is 11.2 Å². The lowest BCUT2D eigenvalue weighted by molar-refractivity contribution is 0.0560. The van der Waals surface area contributed by atoms with Crippen molar-refractivity contribution in [2.45, 2.75) is 18.7 Å². The zero-order chi connectivity index (χ0) is 27.1. The molecule has 1 atom stereocenters. The molecule has 1 N–H and O–H groups in total. The second-order valence-electron chi connectivity index (χ2n) is 10.1. The summed E-state index contributed by atoms with van der Waals surface area (Å²) in [6.45, 7) is 4.69. The van der Waals surface area contributed by atoms with E-state index in [4.69, 9.17) is 0 Å². The number of aliphatic hydroxyl groups excluding tert-OH is 1. The number of hydrogen-bond donors (Lipinski definition) is 1. The lowest BCUT2D eigenvalue weighted by atomic mass is 9.96. The van der Waals surface area contributed by atoms with Crippen LogP contribution in [0.15, 0.2) is 104 Å². The van der Waals surface area contributed by atoms with Gasteiger partial charge in [0.2, 0.25) is 0 Å². The van der Waals surface area contributed by atoms with E-state index in [0.717, 1.165) is 31.7 Å². The van der Waals surface area contributed by atoms with Crippen molar-refractivity contribution in [2.75, 3.05) is 32.7 Å². The van der Waals surface area contributed by atoms with Crippen LogP contribution in [0.3, 0.4) is 0 Å². The van der Waals surface area contributed by atoms with Crippen LogP contribution in [0.5, 0.6) is 0 Å². The second kappa shape index (κ2) is 12.2. The summed E-state index contributed by atoms with van der Waals surface area (Å²) in [5.41, 5.74) is 5.46. The van der Waals surface area contributed by atoms with Gasteiger partial charge in [0.05, 0.1) is 25.0 Å². The van der Waals surface area contributed by atoms with Gasteiger partial charge in [0.1, 0.15) is 17.5 Å². The molecule has 1 aliphatic rings. The molecule has 40 heavy (non-hydrogen) atoms. The number of hydrogen-bond acceptors (Lipinski definition) is 6. The number of nitrogens with zero attached hydrogens (tertiary/aromatic N) is 6. The number of aromatic nitrogens is 4. The monoisotopic (exact) mass is 528 g/mol. The highest BCUT2D eigenvalue weighted by Gasteiger charge is 2.27. The number of β-amino-alcohol motifs (C(OH)–C–C–N with tert-alkyl or cyclic N) is 1. The SMILES string of the molecule is OC(CN1CCN(C(c2ccccc2)c2ccccc2)CC1)Cn1cnc2c(C#Cc3ccccc3)ncnc21. The molecule has 1 saturated heterocycles. The summed E-state index contributed by atoms with van der Waals surface area (Å²) in [6.07, 6.45) is 2.69. The largest absolute Gasteiger partial charge is 0.390 e. The third-order valence-electron chi connectivity index (χ3n) is 7.38. The third kappa shape index (κ3) is 5.95. The Labute approximate surface area is 234 Å². The van der Waals surface area contributed by atoms with Gasteiger partial charge in [-0.15, -0.1) is 0 Å². The first-order valence-corrected chi connectivity index (χ1v) is 13.7. The lowest BCUT2D eigenvalue weighted by Gasteiger charge is -2.40. The molecule has 2 aromatic heterocycles. The average Bonchev–Trinajstić information content (AvgIpc) is 3.42. The number of fused-ring (bicyclic) bond motifs is 1. The third-order valence-corrected chi connectivity index (χ3v) is 7.38. The Kier molecular flexibility index (Phi) is 7.92. The van der Waals surface area contributed by atoms with E-state index in [1.165, 1.54) is 17.5 Å². The van der Waals surface area contributed by atoms with Crippen molar-refractivity contribution in [2.24, 2.45) is 0 Å². The van der Waals surface area contributed by atoms with Crippen molar-refractivity contribution in [3.63, 3.8) is 0 Å². The van der Waals surface area contributed by atoms with E-state index in [9.17, 15) is 5.11 Å². The number of rotatable bonds is 7. The van der Waals surface area contributed by atoms with Crippen LogP contribution in [0.1, 0.15) is 28.4 Å². The summed E-state index contributed by atoms with van der Waals surface area (Å²) in [5, 5.41) is 11.0. The molecule has 7 heteroatoms. The molecule has 7 nitrogen and oxygen atoms in total. The van der Waals surface area contributed by atoms with Crippen LogP contribution >= 0.6 is 0 Å². The molecular weight excluding hydrogens is 496 g/mol. The van der Waals surface area contributed by atoms with E-state index in [1.807, 2.05) is 34.9 Å². The number of aliphatic hydroxyl groups is 1. The van der Waals surface area contributed by atoms with Crippen molar-refractivity contribution < 1.29 is 5.11 Å². The fraction of sp³-hybridized carbons (Fsp3) is 0.242. The minimum atomic E-state index is -0.545. The topological polar surface area (TPSA) is 70.3 Å². The fourth-order valence-electron chi connectivity index (χ4n) is 5.43. The maximum atomic E-state index is 11.0. The molecule has 1 aliphatic heterocycles. The van der Waals surface area contributed by atoms with Gasteiger partial charge in [-0.05, 0) is 29.2 Å². The first-order chi connectivity index (χ1) is 19.7. The smallest absolute Gasteiger partial charge is 0.164 e. The van der Waals surface area contributed by atoms with Crippen molar-refractivity contribution in [1.29, 1.82) is 0 Å². The maximum Gasteiger partial charge on any atom is 0.164 e. The maximum absolute atomic E-state index is 11.0. The number of benzene rings is 3. The van der Waals surface area contributed by atoms with Gasteiger partial charge in [0.25, 0.3) is 0 Å². The Morgan fingerprint density at radius 3 is 1.98 bits per heavy atom. The van der Waals surface area contributed by atoms with Crippen LogP contribution in [-0.4, -0.2) is 73.3 Å². The van der Waals surface area contributed by atoms with Gasteiger partial charge in [-0.3, -0.25) is 9.80 Å². The normalized spacial score (nSPS) is 15.2. The summed E-state index contributed by atoms with van der Waals surface area (Å²) in [4.78, 5) is 18.2. The highest BCUT2D eigenvalue weighted by Crippen LogP contribution is 2.29. The predicted molar refractivity (Wildman–Crippen MR) is 156 cm³/mol. The van der Waals surface area contributed by atoms with Crippen LogP contribution < -0.4 is 0 Å². The molecule has 0 amide bonds. The van der Waals surface area contributed by atoms with Crippen LogP contribution in [0.25, 0.3) is 11.2 Å². The fourth-order valence-corrected chi connectivity index (χ4v) is 5.43. The molecule has 0 aliphatic carbocycles. The molecule has 0 saturated carbocycles. The Balaban J connectivity index is 1.09. The highest BCUT2D eigenvalue weighted by molar-refractivity contribution is 5.76. The summed E-state index contributed by atoms with van der Waals surface area (Å²) in [5.74, 6) is 6.26. The highest BCUT2D eigenvalue weighted by atomic mass is 16.3. The summed E-state index contributed by atoms with van der Waals surface area (Å²) >= 11 is 0. The molecule has 3 heterocycles. The molecule has 1 unspecified atom stereocenters. The molecule has 0 bridgehead atoms. The molecule has 0 spiro atoms. The minimum absolute atomic E-state index is 0.227. The van der Waals surface area contributed by atoms with Crippen LogP contribution in [-0.2, 0) is 6.54 Å². The van der Waals surface area contributed by atoms with Gasteiger partial charge in [0.15, 0.2) is 5.65 Å². The Bertz CT molecular complexity index is 1550. The summed E-state index contributed by atoms with van der Waals surface area (Å²) in [6, 6.07) is 31.5. The molecule has 0 radical (unpaired) electrons. The van der Waals surface area contributed by atoms with Crippen LogP contribution in [0.2, 0.25) is 0 Å². The second-order valence-corrected chi connectivity index (χ2v) is 10.1. The minimum Gasteiger partial charge on any atom is -0.390 e. The van der Waals surface area contributed by atoms with Gasteiger partial charge in [-0.2, -0.15) is 0 Å². The number of piperazine rings is 1. The standard InChI is InChI=1S/C33H32N6O/c40-29(23-39-25-36-31-30(34-24-35-33(31)39)17-16-26-10-4-1-5-11-26)22-37-18-20-38(21-19-37)32(27-12-6-2-7-13-27)28-14-8-3-9-15-28/h1-15,24-25,29,32,40H,18-23H2. The van der Waals surface area contributed by atoms with E-state index in [2.05, 4.69) is 97.3 Å². The van der Waals surface area contributed by atoms with Gasteiger partial charge in [-0.25, -0.2) is 15.0 Å². The average molecular weight is 529 g/mol. The van der Waals surface area contributed by atoms with Gasteiger partial charge in [0, 0.05) is 38.3 Å². The quantitative estimate of drug-likeness (QED) is 0.322. The molecule has 5 aromatic rings. The van der Waals surface area contributed by atoms with Crippen molar-refractivity contribution in [3.05, 3.63) is 126 Å². The molecule has 3 aromatic carbocycles. The first kappa shape index (κ1) is 25.9. The molecule has 200 valence electrons. The summed E-state index contributed by atoms with van der Waals surface area (Å²) in [7, 11) is 0. The predicted octanol–water partition coefficient (Wildman–Crippen LogP) is 3.99. The van der Waals surface area contributed by atoms with Gasteiger partial charge in [-0.1, -0.05) is 84.8 Å². The first-order valence-electron chi connectivity index (χ1n) is 13.7.